The lowest BCUT2D eigenvalue weighted by Gasteiger charge is -2.15. The zero-order chi connectivity index (χ0) is 16.2. The standard InChI is InChI=1S/C16H22N4O3/c1-23-10-11-4-6-20(9-11)7-5-15(21)17-12-2-3-13-14(8-12)19-16(22)18-13/h2-3,8,11H,4-7,9-10H2,1H3,(H,17,21)(H2,18,19,22)/t11-/m1/s1. The van der Waals surface area contributed by atoms with Crippen molar-refractivity contribution in [2.45, 2.75) is 12.8 Å². The maximum Gasteiger partial charge on any atom is 0.323 e. The molecule has 0 saturated carbocycles. The predicted molar refractivity (Wildman–Crippen MR) is 88.6 cm³/mol. The first-order chi connectivity index (χ1) is 11.1. The molecule has 1 aromatic carbocycles. The van der Waals surface area contributed by atoms with Crippen LogP contribution in [-0.2, 0) is 9.53 Å². The van der Waals surface area contributed by atoms with E-state index in [1.165, 1.54) is 0 Å². The van der Waals surface area contributed by atoms with E-state index in [2.05, 4.69) is 20.2 Å². The van der Waals surface area contributed by atoms with Gasteiger partial charge in [0.2, 0.25) is 5.91 Å². The van der Waals surface area contributed by atoms with Crippen LogP contribution in [0.15, 0.2) is 23.0 Å². The van der Waals surface area contributed by atoms with E-state index < -0.39 is 0 Å². The van der Waals surface area contributed by atoms with E-state index in [9.17, 15) is 9.59 Å². The molecule has 1 aliphatic rings. The number of H-pyrrole nitrogens is 2. The summed E-state index contributed by atoms with van der Waals surface area (Å²) >= 11 is 0. The molecule has 1 saturated heterocycles. The average molecular weight is 318 g/mol. The summed E-state index contributed by atoms with van der Waals surface area (Å²) in [5.74, 6) is 0.563. The Morgan fingerprint density at radius 3 is 3.04 bits per heavy atom. The van der Waals surface area contributed by atoms with Crippen molar-refractivity contribution in [2.24, 2.45) is 5.92 Å². The minimum absolute atomic E-state index is 0.0163. The fourth-order valence-electron chi connectivity index (χ4n) is 3.08. The molecule has 0 spiro atoms. The summed E-state index contributed by atoms with van der Waals surface area (Å²) in [6.07, 6.45) is 1.59. The van der Waals surface area contributed by atoms with Crippen molar-refractivity contribution in [3.05, 3.63) is 28.7 Å². The number of rotatable bonds is 6. The fourth-order valence-corrected chi connectivity index (χ4v) is 3.08. The van der Waals surface area contributed by atoms with E-state index in [1.807, 2.05) is 0 Å². The number of amides is 1. The molecule has 7 heteroatoms. The summed E-state index contributed by atoms with van der Waals surface area (Å²) < 4.78 is 5.18. The molecule has 0 unspecified atom stereocenters. The number of likely N-dealkylation sites (tertiary alicyclic amines) is 1. The summed E-state index contributed by atoms with van der Waals surface area (Å²) in [6, 6.07) is 5.32. The van der Waals surface area contributed by atoms with Gasteiger partial charge in [-0.2, -0.15) is 0 Å². The van der Waals surface area contributed by atoms with Crippen molar-refractivity contribution < 1.29 is 9.53 Å². The van der Waals surface area contributed by atoms with Gasteiger partial charge in [-0.15, -0.1) is 0 Å². The van der Waals surface area contributed by atoms with Gasteiger partial charge in [-0.1, -0.05) is 0 Å². The molecule has 1 aliphatic heterocycles. The predicted octanol–water partition coefficient (Wildman–Crippen LogP) is 1.15. The van der Waals surface area contributed by atoms with Crippen LogP contribution in [0.4, 0.5) is 5.69 Å². The Hall–Kier alpha value is -2.12. The third-order valence-electron chi connectivity index (χ3n) is 4.23. The summed E-state index contributed by atoms with van der Waals surface area (Å²) in [5.41, 5.74) is 1.86. The highest BCUT2D eigenvalue weighted by atomic mass is 16.5. The number of imidazole rings is 1. The lowest BCUT2D eigenvalue weighted by atomic mass is 10.1. The number of methoxy groups -OCH3 is 1. The molecular weight excluding hydrogens is 296 g/mol. The summed E-state index contributed by atoms with van der Waals surface area (Å²) in [7, 11) is 1.73. The monoisotopic (exact) mass is 318 g/mol. The van der Waals surface area contributed by atoms with E-state index in [4.69, 9.17) is 4.74 Å². The number of ether oxygens (including phenoxy) is 1. The van der Waals surface area contributed by atoms with Crippen molar-refractivity contribution in [2.75, 3.05) is 38.7 Å². The van der Waals surface area contributed by atoms with Gasteiger partial charge in [-0.05, 0) is 37.1 Å². The zero-order valence-electron chi connectivity index (χ0n) is 13.2. The highest BCUT2D eigenvalue weighted by molar-refractivity contribution is 5.93. The molecule has 2 heterocycles. The van der Waals surface area contributed by atoms with Gasteiger partial charge in [-0.25, -0.2) is 4.79 Å². The third kappa shape index (κ3) is 4.00. The maximum absolute atomic E-state index is 12.1. The normalized spacial score (nSPS) is 18.6. The third-order valence-corrected chi connectivity index (χ3v) is 4.23. The molecular formula is C16H22N4O3. The van der Waals surface area contributed by atoms with Crippen LogP contribution in [0.1, 0.15) is 12.8 Å². The van der Waals surface area contributed by atoms with Gasteiger partial charge in [0.25, 0.3) is 0 Å². The van der Waals surface area contributed by atoms with Gasteiger partial charge in [0.05, 0.1) is 17.6 Å². The first kappa shape index (κ1) is 15.8. The van der Waals surface area contributed by atoms with Crippen LogP contribution in [0.25, 0.3) is 11.0 Å². The van der Waals surface area contributed by atoms with Gasteiger partial charge >= 0.3 is 5.69 Å². The van der Waals surface area contributed by atoms with Gasteiger partial charge in [0, 0.05) is 32.3 Å². The molecule has 124 valence electrons. The number of fused-ring (bicyclic) bond motifs is 1. The first-order valence-electron chi connectivity index (χ1n) is 7.87. The number of hydrogen-bond donors (Lipinski definition) is 3. The Morgan fingerprint density at radius 1 is 1.39 bits per heavy atom. The average Bonchev–Trinajstić information content (AvgIpc) is 3.10. The second kappa shape index (κ2) is 6.97. The molecule has 2 aromatic rings. The quantitative estimate of drug-likeness (QED) is 0.745. The maximum atomic E-state index is 12.1. The second-order valence-corrected chi connectivity index (χ2v) is 6.05. The Balaban J connectivity index is 1.49. The molecule has 3 rings (SSSR count). The number of aromatic nitrogens is 2. The highest BCUT2D eigenvalue weighted by Crippen LogP contribution is 2.17. The summed E-state index contributed by atoms with van der Waals surface area (Å²) in [5, 5.41) is 2.88. The Bertz CT molecular complexity index is 736. The van der Waals surface area contributed by atoms with E-state index in [0.717, 1.165) is 38.2 Å². The Kier molecular flexibility index (Phi) is 4.78. The lowest BCUT2D eigenvalue weighted by molar-refractivity contribution is -0.116. The number of carbonyl (C=O) groups is 1. The molecule has 1 aromatic heterocycles. The highest BCUT2D eigenvalue weighted by Gasteiger charge is 2.22. The number of carbonyl (C=O) groups excluding carboxylic acids is 1. The van der Waals surface area contributed by atoms with Crippen LogP contribution in [0.3, 0.4) is 0 Å². The Labute approximate surface area is 134 Å². The molecule has 0 aliphatic carbocycles. The van der Waals surface area contributed by atoms with Crippen LogP contribution >= 0.6 is 0 Å². The number of aromatic amines is 2. The number of nitrogens with one attached hydrogen (secondary N) is 3. The van der Waals surface area contributed by atoms with Gasteiger partial charge in [0.1, 0.15) is 0 Å². The zero-order valence-corrected chi connectivity index (χ0v) is 13.2. The second-order valence-electron chi connectivity index (χ2n) is 6.05. The molecule has 1 atom stereocenters. The van der Waals surface area contributed by atoms with Gasteiger partial charge in [0.15, 0.2) is 0 Å². The molecule has 3 N–H and O–H groups in total. The Morgan fingerprint density at radius 2 is 2.22 bits per heavy atom. The van der Waals surface area contributed by atoms with Crippen molar-refractivity contribution in [3.8, 4) is 0 Å². The van der Waals surface area contributed by atoms with Crippen molar-refractivity contribution in [1.29, 1.82) is 0 Å². The van der Waals surface area contributed by atoms with Crippen molar-refractivity contribution in [3.63, 3.8) is 0 Å². The largest absolute Gasteiger partial charge is 0.384 e. The number of benzene rings is 1. The van der Waals surface area contributed by atoms with Crippen LogP contribution in [0.5, 0.6) is 0 Å². The molecule has 7 nitrogen and oxygen atoms in total. The number of nitrogens with zero attached hydrogens (tertiary/aromatic N) is 1. The van der Waals surface area contributed by atoms with E-state index in [-0.39, 0.29) is 11.6 Å². The molecule has 1 amide bonds. The molecule has 1 fully saturated rings. The van der Waals surface area contributed by atoms with E-state index in [1.54, 1.807) is 25.3 Å². The minimum atomic E-state index is -0.247. The van der Waals surface area contributed by atoms with Crippen LogP contribution < -0.4 is 11.0 Å². The van der Waals surface area contributed by atoms with E-state index >= 15 is 0 Å². The van der Waals surface area contributed by atoms with Gasteiger partial charge in [-0.3, -0.25) is 4.79 Å². The lowest BCUT2D eigenvalue weighted by Crippen LogP contribution is -2.26. The van der Waals surface area contributed by atoms with Crippen LogP contribution in [-0.4, -0.2) is 54.1 Å². The fraction of sp³-hybridized carbons (Fsp3) is 0.500. The summed E-state index contributed by atoms with van der Waals surface area (Å²) in [6.45, 7) is 3.57. The van der Waals surface area contributed by atoms with Crippen molar-refractivity contribution >= 4 is 22.6 Å². The summed E-state index contributed by atoms with van der Waals surface area (Å²) in [4.78, 5) is 31.0. The number of anilines is 1. The smallest absolute Gasteiger partial charge is 0.323 e. The minimum Gasteiger partial charge on any atom is -0.384 e. The van der Waals surface area contributed by atoms with Gasteiger partial charge < -0.3 is 24.9 Å². The molecule has 0 radical (unpaired) electrons. The molecule has 23 heavy (non-hydrogen) atoms. The van der Waals surface area contributed by atoms with Crippen LogP contribution in [0, 0.1) is 5.92 Å². The SMILES string of the molecule is COC[C@@H]1CCN(CCC(=O)Nc2ccc3[nH]c(=O)[nH]c3c2)C1. The molecule has 0 bridgehead atoms. The number of hydrogen-bond acceptors (Lipinski definition) is 4. The van der Waals surface area contributed by atoms with E-state index in [0.29, 0.717) is 23.5 Å². The van der Waals surface area contributed by atoms with Crippen molar-refractivity contribution in [1.82, 2.24) is 14.9 Å². The topological polar surface area (TPSA) is 90.2 Å². The first-order valence-corrected chi connectivity index (χ1v) is 7.87. The van der Waals surface area contributed by atoms with Crippen LogP contribution in [0.2, 0.25) is 0 Å².